The first kappa shape index (κ1) is 25.8. The van der Waals surface area contributed by atoms with Gasteiger partial charge in [0.25, 0.3) is 0 Å². The molecule has 0 heterocycles. The van der Waals surface area contributed by atoms with Crippen LogP contribution >= 0.6 is 0 Å². The molecule has 5 aliphatic carbocycles. The number of hydrogen-bond donors (Lipinski definition) is 2. The summed E-state index contributed by atoms with van der Waals surface area (Å²) in [5.41, 5.74) is 2.02. The Bertz CT molecular complexity index is 920. The first-order valence-electron chi connectivity index (χ1n) is 14.8. The summed E-state index contributed by atoms with van der Waals surface area (Å²) >= 11 is 0. The van der Waals surface area contributed by atoms with Crippen molar-refractivity contribution in [2.45, 2.75) is 119 Å². The number of carboxylic acid groups (broad SMARTS) is 1. The van der Waals surface area contributed by atoms with Crippen LogP contribution in [-0.2, 0) is 4.79 Å². The number of carboxylic acids is 1. The van der Waals surface area contributed by atoms with Crippen LogP contribution in [0.15, 0.2) is 11.6 Å². The van der Waals surface area contributed by atoms with Crippen LogP contribution < -0.4 is 0 Å². The van der Waals surface area contributed by atoms with Crippen molar-refractivity contribution in [2.24, 2.45) is 56.2 Å². The molecule has 198 valence electrons. The average molecular weight is 485 g/mol. The van der Waals surface area contributed by atoms with Gasteiger partial charge in [0.2, 0.25) is 0 Å². The second-order valence-electron chi connectivity index (χ2n) is 15.5. The molecule has 4 saturated carbocycles. The van der Waals surface area contributed by atoms with Crippen molar-refractivity contribution in [3.05, 3.63) is 11.6 Å². The molecule has 3 heteroatoms. The molecular weight excluding hydrogens is 432 g/mol. The van der Waals surface area contributed by atoms with Gasteiger partial charge < -0.3 is 10.2 Å². The Balaban J connectivity index is 1.59. The van der Waals surface area contributed by atoms with Crippen molar-refractivity contribution in [2.75, 3.05) is 6.61 Å². The molecule has 0 bridgehead atoms. The summed E-state index contributed by atoms with van der Waals surface area (Å²) in [7, 11) is 0. The van der Waals surface area contributed by atoms with Crippen molar-refractivity contribution >= 4 is 5.97 Å². The number of fused-ring (bicyclic) bond motifs is 7. The van der Waals surface area contributed by atoms with E-state index < -0.39 is 11.4 Å². The molecule has 3 unspecified atom stereocenters. The standard InChI is InChI=1S/C32H52O3/c1-8-28(4)21(20-33)11-13-29(5)24(28)12-14-31(7)25(29)10-9-22-23-19-27(2,3)15-17-32(23,26(34)35)18-16-30(22,31)6/h9,21,23-25,33H,8,10-20H2,1-7H3,(H,34,35)/t21-,23?,24?,25?,28-,29+,30-,31-,32+/m1/s1. The molecule has 0 aromatic heterocycles. The fourth-order valence-corrected chi connectivity index (χ4v) is 11.4. The summed E-state index contributed by atoms with van der Waals surface area (Å²) in [5.74, 6) is 1.39. The summed E-state index contributed by atoms with van der Waals surface area (Å²) in [6.07, 6.45) is 14.5. The molecule has 0 amide bonds. The monoisotopic (exact) mass is 484 g/mol. The lowest BCUT2D eigenvalue weighted by Gasteiger charge is -2.71. The Morgan fingerprint density at radius 1 is 0.943 bits per heavy atom. The van der Waals surface area contributed by atoms with Crippen LogP contribution in [0.4, 0.5) is 0 Å². The first-order valence-corrected chi connectivity index (χ1v) is 14.8. The number of allylic oxidation sites excluding steroid dienone is 2. The van der Waals surface area contributed by atoms with E-state index in [-0.39, 0.29) is 27.6 Å². The number of aliphatic hydroxyl groups is 1. The van der Waals surface area contributed by atoms with E-state index in [1.165, 1.54) is 24.8 Å². The van der Waals surface area contributed by atoms with Crippen LogP contribution in [0.1, 0.15) is 119 Å². The Morgan fingerprint density at radius 3 is 2.26 bits per heavy atom. The Labute approximate surface area is 214 Å². The van der Waals surface area contributed by atoms with Crippen molar-refractivity contribution in [3.8, 4) is 0 Å². The lowest BCUT2D eigenvalue weighted by molar-refractivity contribution is -0.202. The van der Waals surface area contributed by atoms with E-state index in [0.29, 0.717) is 29.8 Å². The molecule has 5 aliphatic rings. The summed E-state index contributed by atoms with van der Waals surface area (Å²) in [6, 6.07) is 0. The maximum absolute atomic E-state index is 12.8. The summed E-state index contributed by atoms with van der Waals surface area (Å²) in [6.45, 7) is 17.6. The second-order valence-corrected chi connectivity index (χ2v) is 15.5. The fraction of sp³-hybridized carbons (Fsp3) is 0.906. The Morgan fingerprint density at radius 2 is 1.63 bits per heavy atom. The minimum Gasteiger partial charge on any atom is -0.481 e. The number of hydrogen-bond acceptors (Lipinski definition) is 2. The van der Waals surface area contributed by atoms with Crippen molar-refractivity contribution in [1.29, 1.82) is 0 Å². The van der Waals surface area contributed by atoms with Gasteiger partial charge in [0.15, 0.2) is 0 Å². The molecule has 5 rings (SSSR count). The Kier molecular flexibility index (Phi) is 5.78. The SMILES string of the molecule is CC[C@@]1(C)C2CC[C@]3(C)C(CC=C4C5CC(C)(C)CC[C@]5(C(=O)O)CC[C@]43C)[C@@]2(C)CC[C@@H]1CO. The highest BCUT2D eigenvalue weighted by Gasteiger charge is 2.69. The molecule has 9 atom stereocenters. The first-order chi connectivity index (χ1) is 16.2. The van der Waals surface area contributed by atoms with Crippen molar-refractivity contribution < 1.29 is 15.0 Å². The minimum atomic E-state index is -0.550. The Hall–Kier alpha value is -0.830. The van der Waals surface area contributed by atoms with E-state index >= 15 is 0 Å². The normalized spacial score (nSPS) is 52.9. The zero-order valence-corrected chi connectivity index (χ0v) is 23.7. The third-order valence-corrected chi connectivity index (χ3v) is 14.1. The summed E-state index contributed by atoms with van der Waals surface area (Å²) in [5, 5.41) is 20.8. The largest absolute Gasteiger partial charge is 0.481 e. The van der Waals surface area contributed by atoms with Gasteiger partial charge >= 0.3 is 5.97 Å². The number of carbonyl (C=O) groups is 1. The number of aliphatic carboxylic acids is 1. The van der Waals surface area contributed by atoms with Crippen molar-refractivity contribution in [3.63, 3.8) is 0 Å². The quantitative estimate of drug-likeness (QED) is 0.401. The van der Waals surface area contributed by atoms with Gasteiger partial charge in [-0.1, -0.05) is 66.5 Å². The zero-order chi connectivity index (χ0) is 25.7. The van der Waals surface area contributed by atoms with Gasteiger partial charge in [-0.25, -0.2) is 0 Å². The molecule has 0 aromatic rings. The number of aliphatic hydroxyl groups excluding tert-OH is 1. The minimum absolute atomic E-state index is 0.0946. The lowest BCUT2D eigenvalue weighted by atomic mass is 9.33. The van der Waals surface area contributed by atoms with Crippen LogP contribution in [0, 0.1) is 56.2 Å². The fourth-order valence-electron chi connectivity index (χ4n) is 11.4. The van der Waals surface area contributed by atoms with Gasteiger partial charge in [0.05, 0.1) is 5.41 Å². The van der Waals surface area contributed by atoms with E-state index in [0.717, 1.165) is 51.4 Å². The van der Waals surface area contributed by atoms with E-state index in [1.807, 2.05) is 0 Å². The molecular formula is C32H52O3. The summed E-state index contributed by atoms with van der Waals surface area (Å²) in [4.78, 5) is 12.8. The molecule has 35 heavy (non-hydrogen) atoms. The van der Waals surface area contributed by atoms with Gasteiger partial charge in [-0.2, -0.15) is 0 Å². The van der Waals surface area contributed by atoms with E-state index in [9.17, 15) is 15.0 Å². The van der Waals surface area contributed by atoms with Gasteiger partial charge in [-0.15, -0.1) is 0 Å². The van der Waals surface area contributed by atoms with E-state index in [4.69, 9.17) is 0 Å². The average Bonchev–Trinajstić information content (AvgIpc) is 2.79. The molecule has 0 spiro atoms. The van der Waals surface area contributed by atoms with Gasteiger partial charge in [-0.05, 0) is 115 Å². The maximum Gasteiger partial charge on any atom is 0.310 e. The van der Waals surface area contributed by atoms with Gasteiger partial charge in [0, 0.05) is 6.61 Å². The highest BCUT2D eigenvalue weighted by atomic mass is 16.4. The molecule has 0 radical (unpaired) electrons. The molecule has 4 fully saturated rings. The van der Waals surface area contributed by atoms with E-state index in [1.54, 1.807) is 0 Å². The van der Waals surface area contributed by atoms with Crippen LogP contribution in [0.25, 0.3) is 0 Å². The number of rotatable bonds is 3. The molecule has 0 aromatic carbocycles. The van der Waals surface area contributed by atoms with Crippen LogP contribution in [0.2, 0.25) is 0 Å². The molecule has 3 nitrogen and oxygen atoms in total. The van der Waals surface area contributed by atoms with Gasteiger partial charge in [0.1, 0.15) is 0 Å². The third-order valence-electron chi connectivity index (χ3n) is 14.1. The maximum atomic E-state index is 12.8. The van der Waals surface area contributed by atoms with Crippen LogP contribution in [0.3, 0.4) is 0 Å². The van der Waals surface area contributed by atoms with E-state index in [2.05, 4.69) is 54.5 Å². The predicted molar refractivity (Wildman–Crippen MR) is 142 cm³/mol. The topological polar surface area (TPSA) is 57.5 Å². The van der Waals surface area contributed by atoms with Crippen molar-refractivity contribution in [1.82, 2.24) is 0 Å². The molecule has 0 aliphatic heterocycles. The van der Waals surface area contributed by atoms with Crippen LogP contribution in [0.5, 0.6) is 0 Å². The zero-order valence-electron chi connectivity index (χ0n) is 23.7. The predicted octanol–water partition coefficient (Wildman–Crippen LogP) is 7.87. The molecule has 2 N–H and O–H groups in total. The second kappa shape index (κ2) is 7.84. The third kappa shape index (κ3) is 3.15. The highest BCUT2D eigenvalue weighted by molar-refractivity contribution is 5.76. The van der Waals surface area contributed by atoms with Gasteiger partial charge in [-0.3, -0.25) is 4.79 Å². The summed E-state index contributed by atoms with van der Waals surface area (Å²) < 4.78 is 0. The van der Waals surface area contributed by atoms with Crippen LogP contribution in [-0.4, -0.2) is 22.8 Å². The lowest BCUT2D eigenvalue weighted by Crippen LogP contribution is -2.65. The smallest absolute Gasteiger partial charge is 0.310 e. The highest BCUT2D eigenvalue weighted by Crippen LogP contribution is 2.76. The molecule has 0 saturated heterocycles.